The molecule has 74 valence electrons. The van der Waals surface area contributed by atoms with E-state index in [9.17, 15) is 4.79 Å². The molecule has 1 aliphatic rings. The van der Waals surface area contributed by atoms with Crippen LogP contribution in [0.1, 0.15) is 13.8 Å². The van der Waals surface area contributed by atoms with Crippen LogP contribution in [0, 0.1) is 0 Å². The third kappa shape index (κ3) is 1.62. The average molecular weight is 228 g/mol. The number of hydrogen-bond acceptors (Lipinski definition) is 3. The van der Waals surface area contributed by atoms with Crippen LogP contribution in [-0.2, 0) is 4.79 Å². The van der Waals surface area contributed by atoms with Crippen molar-refractivity contribution in [3.8, 4) is 0 Å². The predicted molar refractivity (Wildman–Crippen MR) is 60.0 cm³/mol. The normalized spacial score (nSPS) is 18.6. The molecule has 14 heavy (non-hydrogen) atoms. The van der Waals surface area contributed by atoms with E-state index in [0.29, 0.717) is 5.02 Å². The van der Waals surface area contributed by atoms with Crippen molar-refractivity contribution in [3.05, 3.63) is 23.2 Å². The molecule has 1 aromatic rings. The zero-order valence-electron chi connectivity index (χ0n) is 7.93. The minimum atomic E-state index is -0.512. The number of hydrogen-bond donors (Lipinski definition) is 1. The van der Waals surface area contributed by atoms with Crippen LogP contribution in [0.3, 0.4) is 0 Å². The van der Waals surface area contributed by atoms with Crippen LogP contribution in [0.25, 0.3) is 0 Å². The number of fused-ring (bicyclic) bond motifs is 1. The van der Waals surface area contributed by atoms with Crippen molar-refractivity contribution < 1.29 is 4.79 Å². The fourth-order valence-corrected chi connectivity index (χ4v) is 2.34. The maximum absolute atomic E-state index is 11.6. The number of anilines is 1. The van der Waals surface area contributed by atoms with Crippen molar-refractivity contribution in [2.24, 2.45) is 0 Å². The van der Waals surface area contributed by atoms with Gasteiger partial charge in [0, 0.05) is 9.92 Å². The van der Waals surface area contributed by atoms with Crippen molar-refractivity contribution in [3.63, 3.8) is 0 Å². The molecule has 0 aromatic heterocycles. The average Bonchev–Trinajstić information content (AvgIpc) is 2.07. The molecule has 0 unspecified atom stereocenters. The van der Waals surface area contributed by atoms with Crippen molar-refractivity contribution in [2.45, 2.75) is 24.3 Å². The van der Waals surface area contributed by atoms with Gasteiger partial charge in [0.2, 0.25) is 5.12 Å². The highest BCUT2D eigenvalue weighted by molar-refractivity contribution is 8.14. The van der Waals surface area contributed by atoms with E-state index in [1.165, 1.54) is 11.8 Å². The molecule has 0 radical (unpaired) electrons. The second kappa shape index (κ2) is 3.17. The Labute approximate surface area is 92.0 Å². The monoisotopic (exact) mass is 227 g/mol. The van der Waals surface area contributed by atoms with Crippen LogP contribution in [-0.4, -0.2) is 10.7 Å². The lowest BCUT2D eigenvalue weighted by atomic mass is 10.1. The molecule has 0 bridgehead atoms. The minimum Gasteiger partial charge on any atom is -0.372 e. The van der Waals surface area contributed by atoms with Crippen molar-refractivity contribution in [1.82, 2.24) is 0 Å². The minimum absolute atomic E-state index is 0.132. The number of carbonyl (C=O) groups is 1. The van der Waals surface area contributed by atoms with E-state index in [1.54, 1.807) is 6.07 Å². The molecule has 2 nitrogen and oxygen atoms in total. The molecule has 2 rings (SSSR count). The molecule has 0 spiro atoms. The quantitative estimate of drug-likeness (QED) is 0.738. The van der Waals surface area contributed by atoms with Gasteiger partial charge in [-0.25, -0.2) is 0 Å². The second-order valence-corrected chi connectivity index (χ2v) is 5.23. The highest BCUT2D eigenvalue weighted by Gasteiger charge is 2.33. The molecule has 0 saturated heterocycles. The maximum Gasteiger partial charge on any atom is 0.218 e. The molecule has 0 amide bonds. The van der Waals surface area contributed by atoms with Crippen LogP contribution in [0.15, 0.2) is 23.1 Å². The Bertz CT molecular complexity index is 403. The van der Waals surface area contributed by atoms with E-state index in [1.807, 2.05) is 26.0 Å². The first-order valence-corrected chi connectivity index (χ1v) is 5.48. The molecule has 0 aliphatic carbocycles. The van der Waals surface area contributed by atoms with E-state index < -0.39 is 5.54 Å². The maximum atomic E-state index is 11.6. The van der Waals surface area contributed by atoms with Gasteiger partial charge in [-0.3, -0.25) is 4.79 Å². The summed E-state index contributed by atoms with van der Waals surface area (Å²) >= 11 is 7.14. The first kappa shape index (κ1) is 9.87. The van der Waals surface area contributed by atoms with Crippen molar-refractivity contribution >= 4 is 34.2 Å². The Balaban J connectivity index is 2.46. The zero-order valence-corrected chi connectivity index (χ0v) is 9.50. The van der Waals surface area contributed by atoms with Crippen LogP contribution >= 0.6 is 23.4 Å². The molecular weight excluding hydrogens is 218 g/mol. The Morgan fingerprint density at radius 2 is 2.14 bits per heavy atom. The number of thioether (sulfide) groups is 1. The van der Waals surface area contributed by atoms with E-state index in [0.717, 1.165) is 10.6 Å². The molecular formula is C10H10ClNOS. The highest BCUT2D eigenvalue weighted by Crippen LogP contribution is 2.39. The second-order valence-electron chi connectivity index (χ2n) is 3.78. The van der Waals surface area contributed by atoms with Gasteiger partial charge in [0.05, 0.1) is 5.69 Å². The smallest absolute Gasteiger partial charge is 0.218 e. The van der Waals surface area contributed by atoms with E-state index in [4.69, 9.17) is 11.6 Å². The summed E-state index contributed by atoms with van der Waals surface area (Å²) < 4.78 is 0. The molecule has 1 heterocycles. The van der Waals surface area contributed by atoms with Crippen LogP contribution in [0.5, 0.6) is 0 Å². The van der Waals surface area contributed by atoms with E-state index >= 15 is 0 Å². The number of halogens is 1. The summed E-state index contributed by atoms with van der Waals surface area (Å²) in [6.45, 7) is 3.73. The SMILES string of the molecule is CC1(C)Nc2cc(Cl)ccc2SC1=O. The lowest BCUT2D eigenvalue weighted by molar-refractivity contribution is -0.114. The third-order valence-corrected chi connectivity index (χ3v) is 3.61. The summed E-state index contributed by atoms with van der Waals surface area (Å²) in [6, 6.07) is 5.50. The van der Waals surface area contributed by atoms with Gasteiger partial charge in [0.1, 0.15) is 5.54 Å². The molecule has 1 aliphatic heterocycles. The van der Waals surface area contributed by atoms with Gasteiger partial charge >= 0.3 is 0 Å². The standard InChI is InChI=1S/C10H10ClNOS/c1-10(2)9(13)14-8-4-3-6(11)5-7(8)12-10/h3-5,12H,1-2H3. The lowest BCUT2D eigenvalue weighted by Gasteiger charge is -2.31. The summed E-state index contributed by atoms with van der Waals surface area (Å²) in [6.07, 6.45) is 0. The molecule has 4 heteroatoms. The molecule has 1 aromatic carbocycles. The Kier molecular flexibility index (Phi) is 2.24. The fourth-order valence-electron chi connectivity index (χ4n) is 1.30. The highest BCUT2D eigenvalue weighted by atomic mass is 35.5. The van der Waals surface area contributed by atoms with Crippen LogP contribution in [0.2, 0.25) is 5.02 Å². The lowest BCUT2D eigenvalue weighted by Crippen LogP contribution is -2.40. The third-order valence-electron chi connectivity index (χ3n) is 2.10. The summed E-state index contributed by atoms with van der Waals surface area (Å²) in [5.41, 5.74) is 0.426. The molecule has 0 atom stereocenters. The van der Waals surface area contributed by atoms with Crippen LogP contribution < -0.4 is 5.32 Å². The summed E-state index contributed by atoms with van der Waals surface area (Å²) in [7, 11) is 0. The predicted octanol–water partition coefficient (Wildman–Crippen LogP) is 3.16. The molecule has 0 fully saturated rings. The van der Waals surface area contributed by atoms with Gasteiger partial charge in [-0.2, -0.15) is 0 Å². The van der Waals surface area contributed by atoms with E-state index in [-0.39, 0.29) is 5.12 Å². The Morgan fingerprint density at radius 3 is 2.86 bits per heavy atom. The molecule has 1 N–H and O–H groups in total. The Hall–Kier alpha value is -0.670. The topological polar surface area (TPSA) is 29.1 Å². The van der Waals surface area contributed by atoms with Gasteiger partial charge in [0.15, 0.2) is 0 Å². The summed E-state index contributed by atoms with van der Waals surface area (Å²) in [5, 5.41) is 3.99. The van der Waals surface area contributed by atoms with Gasteiger partial charge in [-0.15, -0.1) is 0 Å². The first-order chi connectivity index (χ1) is 6.49. The number of rotatable bonds is 0. The largest absolute Gasteiger partial charge is 0.372 e. The van der Waals surface area contributed by atoms with Gasteiger partial charge in [-0.1, -0.05) is 11.6 Å². The number of nitrogens with one attached hydrogen (secondary N) is 1. The van der Waals surface area contributed by atoms with Gasteiger partial charge < -0.3 is 5.32 Å². The number of benzene rings is 1. The fraction of sp³-hybridized carbons (Fsp3) is 0.300. The van der Waals surface area contributed by atoms with Crippen molar-refractivity contribution in [2.75, 3.05) is 5.32 Å². The Morgan fingerprint density at radius 1 is 1.43 bits per heavy atom. The number of carbonyl (C=O) groups excluding carboxylic acids is 1. The van der Waals surface area contributed by atoms with Gasteiger partial charge in [-0.05, 0) is 43.8 Å². The van der Waals surface area contributed by atoms with Gasteiger partial charge in [0.25, 0.3) is 0 Å². The summed E-state index contributed by atoms with van der Waals surface area (Å²) in [4.78, 5) is 12.6. The molecule has 0 saturated carbocycles. The zero-order chi connectivity index (χ0) is 10.3. The summed E-state index contributed by atoms with van der Waals surface area (Å²) in [5.74, 6) is 0. The van der Waals surface area contributed by atoms with E-state index in [2.05, 4.69) is 5.32 Å². The van der Waals surface area contributed by atoms with Crippen LogP contribution in [0.4, 0.5) is 5.69 Å². The van der Waals surface area contributed by atoms with Crippen molar-refractivity contribution in [1.29, 1.82) is 0 Å². The first-order valence-electron chi connectivity index (χ1n) is 4.29.